The molecule has 1 aromatic carbocycles. The topological polar surface area (TPSA) is 33.2 Å². The minimum Gasteiger partial charge on any atom is -0.337 e. The first-order valence-corrected chi connectivity index (χ1v) is 5.78. The van der Waals surface area contributed by atoms with Crippen LogP contribution in [0.2, 0.25) is 0 Å². The van der Waals surface area contributed by atoms with Gasteiger partial charge in [-0.1, -0.05) is 6.07 Å². The number of rotatable bonds is 3. The van der Waals surface area contributed by atoms with E-state index in [9.17, 15) is 18.0 Å². The van der Waals surface area contributed by atoms with Crippen molar-refractivity contribution in [3.8, 4) is 0 Å². The van der Waals surface area contributed by atoms with Crippen LogP contribution in [-0.2, 0) is 6.54 Å². The van der Waals surface area contributed by atoms with E-state index in [1.165, 1.54) is 30.3 Å². The van der Waals surface area contributed by atoms with Crippen molar-refractivity contribution in [1.29, 1.82) is 0 Å². The zero-order chi connectivity index (χ0) is 14.7. The number of nitrogens with zero attached hydrogens (tertiary/aromatic N) is 2. The molecule has 0 radical (unpaired) electrons. The van der Waals surface area contributed by atoms with Crippen LogP contribution in [0.4, 0.5) is 13.2 Å². The Morgan fingerprint density at radius 2 is 1.95 bits per heavy atom. The molecule has 6 heteroatoms. The van der Waals surface area contributed by atoms with Gasteiger partial charge in [-0.2, -0.15) is 4.39 Å². The van der Waals surface area contributed by atoms with Crippen LogP contribution < -0.4 is 0 Å². The van der Waals surface area contributed by atoms with Crippen LogP contribution in [-0.4, -0.2) is 22.8 Å². The third-order valence-corrected chi connectivity index (χ3v) is 2.74. The Morgan fingerprint density at radius 1 is 1.20 bits per heavy atom. The van der Waals surface area contributed by atoms with E-state index in [-0.39, 0.29) is 17.7 Å². The Labute approximate surface area is 113 Å². The molecule has 1 aromatic heterocycles. The summed E-state index contributed by atoms with van der Waals surface area (Å²) in [5.41, 5.74) is 0.291. The van der Waals surface area contributed by atoms with Crippen molar-refractivity contribution in [3.05, 3.63) is 65.2 Å². The Morgan fingerprint density at radius 3 is 2.60 bits per heavy atom. The zero-order valence-corrected chi connectivity index (χ0v) is 10.6. The number of pyridine rings is 1. The highest BCUT2D eigenvalue weighted by Crippen LogP contribution is 2.13. The van der Waals surface area contributed by atoms with Gasteiger partial charge in [0.1, 0.15) is 11.6 Å². The van der Waals surface area contributed by atoms with Crippen LogP contribution >= 0.6 is 0 Å². The van der Waals surface area contributed by atoms with Crippen LogP contribution in [0.5, 0.6) is 0 Å². The summed E-state index contributed by atoms with van der Waals surface area (Å²) < 4.78 is 39.2. The lowest BCUT2D eigenvalue weighted by atomic mass is 10.1. The molecular weight excluding hydrogens is 269 g/mol. The molecule has 2 rings (SSSR count). The standard InChI is InChI=1S/C14H11F3N2O/c1-19(8-10-2-3-11(15)7-12(10)16)14(20)9-4-5-18-13(17)6-9/h2-7H,8H2,1H3. The first-order valence-electron chi connectivity index (χ1n) is 5.78. The molecule has 3 nitrogen and oxygen atoms in total. The van der Waals surface area contributed by atoms with Crippen molar-refractivity contribution >= 4 is 5.91 Å². The maximum atomic E-state index is 13.5. The molecule has 0 saturated heterocycles. The SMILES string of the molecule is CN(Cc1ccc(F)cc1F)C(=O)c1ccnc(F)c1. The zero-order valence-electron chi connectivity index (χ0n) is 10.6. The van der Waals surface area contributed by atoms with E-state index in [0.29, 0.717) is 0 Å². The van der Waals surface area contributed by atoms with Crippen molar-refractivity contribution in [1.82, 2.24) is 9.88 Å². The molecule has 0 unspecified atom stereocenters. The molecule has 104 valence electrons. The Bertz CT molecular complexity index is 646. The van der Waals surface area contributed by atoms with Crippen molar-refractivity contribution < 1.29 is 18.0 Å². The number of amides is 1. The molecule has 0 saturated carbocycles. The van der Waals surface area contributed by atoms with Gasteiger partial charge in [0.2, 0.25) is 5.95 Å². The Hall–Kier alpha value is -2.37. The average molecular weight is 280 g/mol. The Kier molecular flexibility index (Phi) is 4.02. The maximum Gasteiger partial charge on any atom is 0.254 e. The van der Waals surface area contributed by atoms with Gasteiger partial charge in [0.15, 0.2) is 0 Å². The van der Waals surface area contributed by atoms with Gasteiger partial charge in [0.25, 0.3) is 5.91 Å². The number of hydrogen-bond acceptors (Lipinski definition) is 2. The molecule has 0 N–H and O–H groups in total. The van der Waals surface area contributed by atoms with E-state index in [0.717, 1.165) is 18.2 Å². The molecule has 0 aliphatic carbocycles. The fraction of sp³-hybridized carbons (Fsp3) is 0.143. The third-order valence-electron chi connectivity index (χ3n) is 2.74. The smallest absolute Gasteiger partial charge is 0.254 e. The van der Waals surface area contributed by atoms with E-state index >= 15 is 0 Å². The fourth-order valence-electron chi connectivity index (χ4n) is 1.73. The number of hydrogen-bond donors (Lipinski definition) is 0. The Balaban J connectivity index is 2.15. The van der Waals surface area contributed by atoms with E-state index in [4.69, 9.17) is 0 Å². The summed E-state index contributed by atoms with van der Waals surface area (Å²) in [6, 6.07) is 5.49. The quantitative estimate of drug-likeness (QED) is 0.810. The van der Waals surface area contributed by atoms with Gasteiger partial charge in [0.05, 0.1) is 0 Å². The molecule has 0 aliphatic rings. The molecule has 0 fully saturated rings. The number of carbonyl (C=O) groups excluding carboxylic acids is 1. The fourth-order valence-corrected chi connectivity index (χ4v) is 1.73. The lowest BCUT2D eigenvalue weighted by Gasteiger charge is -2.17. The predicted molar refractivity (Wildman–Crippen MR) is 66.4 cm³/mol. The summed E-state index contributed by atoms with van der Waals surface area (Å²) in [5, 5.41) is 0. The second kappa shape index (κ2) is 5.73. The monoisotopic (exact) mass is 280 g/mol. The second-order valence-electron chi connectivity index (χ2n) is 4.26. The molecule has 0 atom stereocenters. The molecule has 0 aliphatic heterocycles. The highest BCUT2D eigenvalue weighted by molar-refractivity contribution is 5.93. The van der Waals surface area contributed by atoms with Crippen LogP contribution in [0.25, 0.3) is 0 Å². The molecule has 1 amide bonds. The van der Waals surface area contributed by atoms with Crippen molar-refractivity contribution in [2.24, 2.45) is 0 Å². The summed E-state index contributed by atoms with van der Waals surface area (Å²) in [5.74, 6) is -2.66. The molecule has 0 bridgehead atoms. The van der Waals surface area contributed by atoms with Gasteiger partial charge in [-0.15, -0.1) is 0 Å². The lowest BCUT2D eigenvalue weighted by Crippen LogP contribution is -2.26. The summed E-state index contributed by atoms with van der Waals surface area (Å²) in [4.78, 5) is 16.6. The van der Waals surface area contributed by atoms with E-state index < -0.39 is 23.5 Å². The second-order valence-corrected chi connectivity index (χ2v) is 4.26. The molecule has 20 heavy (non-hydrogen) atoms. The summed E-state index contributed by atoms with van der Waals surface area (Å²) >= 11 is 0. The highest BCUT2D eigenvalue weighted by atomic mass is 19.1. The largest absolute Gasteiger partial charge is 0.337 e. The highest BCUT2D eigenvalue weighted by Gasteiger charge is 2.15. The van der Waals surface area contributed by atoms with Crippen LogP contribution in [0.1, 0.15) is 15.9 Å². The minimum atomic E-state index is -0.766. The van der Waals surface area contributed by atoms with Gasteiger partial charge in [-0.25, -0.2) is 13.8 Å². The number of benzene rings is 1. The first kappa shape index (κ1) is 14.0. The molecule has 2 aromatic rings. The van der Waals surface area contributed by atoms with Crippen molar-refractivity contribution in [2.75, 3.05) is 7.05 Å². The van der Waals surface area contributed by atoms with Crippen LogP contribution in [0.3, 0.4) is 0 Å². The predicted octanol–water partition coefficient (Wildman–Crippen LogP) is 2.77. The number of aromatic nitrogens is 1. The van der Waals surface area contributed by atoms with Gasteiger partial charge >= 0.3 is 0 Å². The molecular formula is C14H11F3N2O. The van der Waals surface area contributed by atoms with Gasteiger partial charge in [0, 0.05) is 43.0 Å². The third kappa shape index (κ3) is 3.14. The average Bonchev–Trinajstić information content (AvgIpc) is 2.41. The summed E-state index contributed by atoms with van der Waals surface area (Å²) in [6.07, 6.45) is 1.18. The first-order chi connectivity index (χ1) is 9.47. The number of halogens is 3. The molecule has 1 heterocycles. The maximum absolute atomic E-state index is 13.5. The van der Waals surface area contributed by atoms with Crippen molar-refractivity contribution in [3.63, 3.8) is 0 Å². The van der Waals surface area contributed by atoms with Crippen molar-refractivity contribution in [2.45, 2.75) is 6.54 Å². The van der Waals surface area contributed by atoms with E-state index in [1.54, 1.807) is 0 Å². The molecule has 0 spiro atoms. The van der Waals surface area contributed by atoms with Gasteiger partial charge in [-0.05, 0) is 12.1 Å². The normalized spacial score (nSPS) is 10.4. The number of carbonyl (C=O) groups is 1. The van der Waals surface area contributed by atoms with Gasteiger partial charge < -0.3 is 4.90 Å². The lowest BCUT2D eigenvalue weighted by molar-refractivity contribution is 0.0783. The summed E-state index contributed by atoms with van der Waals surface area (Å²) in [6.45, 7) is -0.0467. The summed E-state index contributed by atoms with van der Waals surface area (Å²) in [7, 11) is 1.45. The van der Waals surface area contributed by atoms with Crippen LogP contribution in [0, 0.1) is 17.6 Å². The van der Waals surface area contributed by atoms with E-state index in [1.807, 2.05) is 0 Å². The van der Waals surface area contributed by atoms with E-state index in [2.05, 4.69) is 4.98 Å². The minimum absolute atomic E-state index is 0.0467. The van der Waals surface area contributed by atoms with Crippen LogP contribution in [0.15, 0.2) is 36.5 Å². The van der Waals surface area contributed by atoms with Gasteiger partial charge in [-0.3, -0.25) is 4.79 Å².